The number of allylic oxidation sites excluding steroid dienone is 1. The van der Waals surface area contributed by atoms with Gasteiger partial charge in [0.1, 0.15) is 6.10 Å². The van der Waals surface area contributed by atoms with E-state index < -0.39 is 16.4 Å². The van der Waals surface area contributed by atoms with Crippen LogP contribution in [0, 0.1) is 0 Å². The summed E-state index contributed by atoms with van der Waals surface area (Å²) in [5.41, 5.74) is 0.337. The SMILES string of the molecule is CC(C)(C)[Si](C)(C)OCCC/C=C\C[C@H](O)[C@@H]1O[C@H]1[Si](C)(C)C. The topological polar surface area (TPSA) is 42.0 Å². The molecule has 1 fully saturated rings. The van der Waals surface area contributed by atoms with Crippen LogP contribution in [0.4, 0.5) is 0 Å². The fourth-order valence-corrected chi connectivity index (χ4v) is 5.21. The predicted octanol–water partition coefficient (Wildman–Crippen LogP) is 4.74. The Labute approximate surface area is 145 Å². The first-order chi connectivity index (χ1) is 10.4. The van der Waals surface area contributed by atoms with E-state index in [1.165, 1.54) is 0 Å². The molecule has 3 nitrogen and oxygen atoms in total. The van der Waals surface area contributed by atoms with E-state index in [1.807, 2.05) is 0 Å². The molecule has 1 aliphatic heterocycles. The molecule has 136 valence electrons. The van der Waals surface area contributed by atoms with Gasteiger partial charge >= 0.3 is 0 Å². The van der Waals surface area contributed by atoms with Gasteiger partial charge in [-0.3, -0.25) is 0 Å². The van der Waals surface area contributed by atoms with Crippen LogP contribution < -0.4 is 0 Å². The lowest BCUT2D eigenvalue weighted by Crippen LogP contribution is -2.40. The zero-order valence-corrected chi connectivity index (χ0v) is 18.5. The summed E-state index contributed by atoms with van der Waals surface area (Å²) in [7, 11) is -2.87. The van der Waals surface area contributed by atoms with Crippen molar-refractivity contribution in [2.24, 2.45) is 0 Å². The van der Waals surface area contributed by atoms with Crippen LogP contribution in [0.5, 0.6) is 0 Å². The Morgan fingerprint density at radius 2 is 1.74 bits per heavy atom. The molecule has 0 amide bonds. The van der Waals surface area contributed by atoms with Crippen LogP contribution in [-0.4, -0.2) is 46.0 Å². The Morgan fingerprint density at radius 1 is 1.13 bits per heavy atom. The summed E-state index contributed by atoms with van der Waals surface area (Å²) in [6, 6.07) is 0. The molecule has 1 rings (SSSR count). The van der Waals surface area contributed by atoms with Crippen LogP contribution in [-0.2, 0) is 9.16 Å². The zero-order valence-electron chi connectivity index (χ0n) is 16.5. The van der Waals surface area contributed by atoms with E-state index in [4.69, 9.17) is 9.16 Å². The molecule has 0 saturated carbocycles. The molecule has 5 heteroatoms. The van der Waals surface area contributed by atoms with Gasteiger partial charge in [0.25, 0.3) is 0 Å². The number of rotatable bonds is 9. The second kappa shape index (κ2) is 7.96. The van der Waals surface area contributed by atoms with Crippen LogP contribution in [0.1, 0.15) is 40.0 Å². The van der Waals surface area contributed by atoms with Crippen LogP contribution in [0.2, 0.25) is 37.8 Å². The maximum Gasteiger partial charge on any atom is 0.191 e. The first-order valence-corrected chi connectivity index (χ1v) is 15.5. The summed E-state index contributed by atoms with van der Waals surface area (Å²) in [6.45, 7) is 19.1. The summed E-state index contributed by atoms with van der Waals surface area (Å²) in [4.78, 5) is 0. The normalized spacial score (nSPS) is 24.2. The lowest BCUT2D eigenvalue weighted by molar-refractivity contribution is 0.138. The van der Waals surface area contributed by atoms with Crippen LogP contribution in [0.3, 0.4) is 0 Å². The van der Waals surface area contributed by atoms with E-state index in [2.05, 4.69) is 65.7 Å². The molecule has 0 aromatic carbocycles. The molecule has 0 unspecified atom stereocenters. The average molecular weight is 359 g/mol. The largest absolute Gasteiger partial charge is 0.417 e. The first-order valence-electron chi connectivity index (χ1n) is 8.99. The van der Waals surface area contributed by atoms with E-state index in [0.717, 1.165) is 19.4 Å². The van der Waals surface area contributed by atoms with Crippen molar-refractivity contribution < 1.29 is 14.3 Å². The molecule has 1 heterocycles. The monoisotopic (exact) mass is 358 g/mol. The van der Waals surface area contributed by atoms with Gasteiger partial charge in [0.2, 0.25) is 0 Å². The number of hydrogen-bond donors (Lipinski definition) is 1. The fourth-order valence-electron chi connectivity index (χ4n) is 2.35. The number of epoxide rings is 1. The Morgan fingerprint density at radius 3 is 2.22 bits per heavy atom. The number of hydrogen-bond acceptors (Lipinski definition) is 3. The minimum absolute atomic E-state index is 0.0771. The smallest absolute Gasteiger partial charge is 0.191 e. The van der Waals surface area contributed by atoms with Crippen molar-refractivity contribution in [1.29, 1.82) is 0 Å². The molecule has 3 atom stereocenters. The highest BCUT2D eigenvalue weighted by Crippen LogP contribution is 2.36. The molecule has 0 bridgehead atoms. The van der Waals surface area contributed by atoms with E-state index in [9.17, 15) is 5.11 Å². The zero-order chi connectivity index (χ0) is 17.9. The standard InChI is InChI=1S/C18H38O3Si2/c1-18(2,3)23(7,8)20-14-12-10-9-11-13-15(19)16-17(21-16)22(4,5)6/h9,11,15-17,19H,10,12-14H2,1-8H3/b11-9-/t15-,16-,17-/m0/s1. The van der Waals surface area contributed by atoms with Crippen molar-refractivity contribution in [2.45, 2.75) is 95.7 Å². The predicted molar refractivity (Wildman–Crippen MR) is 104 cm³/mol. The van der Waals surface area contributed by atoms with Crippen molar-refractivity contribution in [3.8, 4) is 0 Å². The molecular formula is C18H38O3Si2. The molecule has 23 heavy (non-hydrogen) atoms. The summed E-state index contributed by atoms with van der Waals surface area (Å²) >= 11 is 0. The van der Waals surface area contributed by atoms with Crippen molar-refractivity contribution in [3.05, 3.63) is 12.2 Å². The van der Waals surface area contributed by atoms with Gasteiger partial charge in [0.15, 0.2) is 8.32 Å². The van der Waals surface area contributed by atoms with Crippen molar-refractivity contribution in [1.82, 2.24) is 0 Å². The second-order valence-corrected chi connectivity index (χ2v) is 19.5. The number of unbranched alkanes of at least 4 members (excludes halogenated alkanes) is 1. The highest BCUT2D eigenvalue weighted by molar-refractivity contribution is 6.78. The summed E-state index contributed by atoms with van der Waals surface area (Å²) in [6.07, 6.45) is 6.78. The molecule has 1 saturated heterocycles. The Bertz CT molecular complexity index is 394. The van der Waals surface area contributed by atoms with E-state index in [-0.39, 0.29) is 17.2 Å². The highest BCUT2D eigenvalue weighted by atomic mass is 28.4. The Balaban J connectivity index is 2.14. The molecule has 0 aromatic rings. The van der Waals surface area contributed by atoms with Gasteiger partial charge in [-0.2, -0.15) is 0 Å². The third-order valence-corrected chi connectivity index (χ3v) is 11.8. The molecule has 0 spiro atoms. The average Bonchev–Trinajstić information content (AvgIpc) is 3.15. The summed E-state index contributed by atoms with van der Waals surface area (Å²) in [5, 5.41) is 10.4. The van der Waals surface area contributed by atoms with Gasteiger partial charge in [-0.25, -0.2) is 0 Å². The van der Waals surface area contributed by atoms with Crippen LogP contribution >= 0.6 is 0 Å². The van der Waals surface area contributed by atoms with Gasteiger partial charge in [0.05, 0.1) is 19.9 Å². The minimum atomic E-state index is -1.60. The molecule has 1 aliphatic rings. The van der Waals surface area contributed by atoms with E-state index in [0.29, 0.717) is 12.1 Å². The van der Waals surface area contributed by atoms with Crippen molar-refractivity contribution in [2.75, 3.05) is 6.61 Å². The number of aliphatic hydroxyl groups is 1. The van der Waals surface area contributed by atoms with Gasteiger partial charge in [-0.15, -0.1) is 0 Å². The minimum Gasteiger partial charge on any atom is -0.417 e. The second-order valence-electron chi connectivity index (χ2n) is 9.41. The first kappa shape index (κ1) is 21.1. The lowest BCUT2D eigenvalue weighted by Gasteiger charge is -2.36. The maximum absolute atomic E-state index is 10.1. The number of aliphatic hydroxyl groups excluding tert-OH is 1. The molecule has 1 N–H and O–H groups in total. The van der Waals surface area contributed by atoms with Crippen LogP contribution in [0.15, 0.2) is 12.2 Å². The summed E-state index contributed by atoms with van der Waals surface area (Å²) in [5.74, 6) is 0. The van der Waals surface area contributed by atoms with Crippen LogP contribution in [0.25, 0.3) is 0 Å². The lowest BCUT2D eigenvalue weighted by atomic mass is 10.2. The number of ether oxygens (including phenoxy) is 1. The highest BCUT2D eigenvalue weighted by Gasteiger charge is 2.51. The fraction of sp³-hybridized carbons (Fsp3) is 0.889. The molecular weight excluding hydrogens is 320 g/mol. The molecule has 0 aliphatic carbocycles. The third-order valence-electron chi connectivity index (χ3n) is 5.09. The van der Waals surface area contributed by atoms with Gasteiger partial charge in [-0.1, -0.05) is 52.6 Å². The third kappa shape index (κ3) is 6.82. The molecule has 0 aromatic heterocycles. The van der Waals surface area contributed by atoms with E-state index in [1.54, 1.807) is 0 Å². The quantitative estimate of drug-likeness (QED) is 0.280. The van der Waals surface area contributed by atoms with Gasteiger partial charge in [-0.05, 0) is 37.4 Å². The Hall–Kier alpha value is 0.0538. The Kier molecular flexibility index (Phi) is 7.30. The van der Waals surface area contributed by atoms with Gasteiger partial charge < -0.3 is 14.3 Å². The van der Waals surface area contributed by atoms with E-state index >= 15 is 0 Å². The van der Waals surface area contributed by atoms with Crippen molar-refractivity contribution >= 4 is 16.4 Å². The molecule has 0 radical (unpaired) electrons. The summed E-state index contributed by atoms with van der Waals surface area (Å²) < 4.78 is 11.8. The van der Waals surface area contributed by atoms with Crippen molar-refractivity contribution in [3.63, 3.8) is 0 Å². The maximum atomic E-state index is 10.1. The van der Waals surface area contributed by atoms with Gasteiger partial charge in [0, 0.05) is 6.61 Å².